The normalized spacial score (nSPS) is 15.7. The second kappa shape index (κ2) is 4.44. The minimum absolute atomic E-state index is 0.557. The summed E-state index contributed by atoms with van der Waals surface area (Å²) in [5, 5.41) is 0. The van der Waals surface area contributed by atoms with E-state index in [0.29, 0.717) is 0 Å². The van der Waals surface area contributed by atoms with Gasteiger partial charge in [-0.2, -0.15) is 12.6 Å². The molecule has 80 valence electrons. The molecule has 0 spiro atoms. The minimum Gasteiger partial charge on any atom is -0.284 e. The van der Waals surface area contributed by atoms with Gasteiger partial charge >= 0.3 is 21.8 Å². The molecule has 0 radical (unpaired) electrons. The molecule has 0 aliphatic heterocycles. The Morgan fingerprint density at radius 2 is 1.92 bits per heavy atom. The topological polar surface area (TPSA) is 110 Å². The highest BCUT2D eigenvalue weighted by Gasteiger charge is 2.24. The summed E-state index contributed by atoms with van der Waals surface area (Å²) >= 11 is -2.52. The van der Waals surface area contributed by atoms with Gasteiger partial charge in [-0.25, -0.2) is 4.18 Å². The summed E-state index contributed by atoms with van der Waals surface area (Å²) in [6.45, 7) is 2.09. The highest BCUT2D eigenvalue weighted by atomic mass is 32.3. The second-order valence-corrected chi connectivity index (χ2v) is 4.44. The van der Waals surface area contributed by atoms with Crippen molar-refractivity contribution in [2.45, 2.75) is 19.4 Å². The fourth-order valence-electron chi connectivity index (χ4n) is 0.433. The zero-order valence-corrected chi connectivity index (χ0v) is 8.59. The molecule has 0 aliphatic carbocycles. The fourth-order valence-corrected chi connectivity index (χ4v) is 1.30. The van der Waals surface area contributed by atoms with E-state index in [0.717, 1.165) is 0 Å². The minimum atomic E-state index is -4.55. The molecule has 0 aliphatic rings. The van der Waals surface area contributed by atoms with E-state index in [1.165, 1.54) is 13.8 Å². The summed E-state index contributed by atoms with van der Waals surface area (Å²) in [6.07, 6.45) is 0. The van der Waals surface area contributed by atoms with Crippen LogP contribution in [0.3, 0.4) is 0 Å². The molecule has 1 atom stereocenters. The first-order valence-electron chi connectivity index (χ1n) is 3.04. The lowest BCUT2D eigenvalue weighted by molar-refractivity contribution is 0.0537. The van der Waals surface area contributed by atoms with Crippen LogP contribution in [0.2, 0.25) is 0 Å². The molecular formula is C4H10O7S2. The summed E-state index contributed by atoms with van der Waals surface area (Å²) in [6, 6.07) is 0. The van der Waals surface area contributed by atoms with Crippen LogP contribution in [0.15, 0.2) is 0 Å². The molecule has 0 bridgehead atoms. The van der Waals surface area contributed by atoms with Gasteiger partial charge in [0.05, 0.1) is 6.61 Å². The Labute approximate surface area is 78.5 Å². The fraction of sp³-hybridized carbons (Fsp3) is 1.00. The van der Waals surface area contributed by atoms with Crippen molar-refractivity contribution in [1.29, 1.82) is 0 Å². The number of hydrogen-bond acceptors (Lipinski definition) is 5. The molecular weight excluding hydrogens is 224 g/mol. The Bertz CT molecular complexity index is 279. The Hall–Kier alpha value is -0.0600. The van der Waals surface area contributed by atoms with Crippen molar-refractivity contribution in [2.24, 2.45) is 0 Å². The van der Waals surface area contributed by atoms with Crippen molar-refractivity contribution in [2.75, 3.05) is 6.61 Å². The molecule has 13 heavy (non-hydrogen) atoms. The van der Waals surface area contributed by atoms with Gasteiger partial charge in [-0.3, -0.25) is 13.3 Å². The predicted molar refractivity (Wildman–Crippen MR) is 43.4 cm³/mol. The summed E-state index contributed by atoms with van der Waals surface area (Å²) < 4.78 is 55.2. The zero-order chi connectivity index (χ0) is 10.7. The van der Waals surface area contributed by atoms with Gasteiger partial charge in [-0.15, -0.1) is 0 Å². The Balaban J connectivity index is 4.11. The molecule has 0 saturated carbocycles. The number of rotatable bonds is 5. The third kappa shape index (κ3) is 8.28. The third-order valence-corrected chi connectivity index (χ3v) is 1.86. The van der Waals surface area contributed by atoms with Gasteiger partial charge in [-0.1, -0.05) is 0 Å². The van der Waals surface area contributed by atoms with Gasteiger partial charge in [0.1, 0.15) is 5.60 Å². The molecule has 9 heteroatoms. The van der Waals surface area contributed by atoms with Crippen molar-refractivity contribution in [1.82, 2.24) is 0 Å². The van der Waals surface area contributed by atoms with Crippen molar-refractivity contribution < 1.29 is 30.1 Å². The quantitative estimate of drug-likeness (QED) is 0.498. The van der Waals surface area contributed by atoms with Crippen molar-refractivity contribution in [3.8, 4) is 0 Å². The highest BCUT2D eigenvalue weighted by molar-refractivity contribution is 7.80. The molecule has 2 N–H and O–H groups in total. The van der Waals surface area contributed by atoms with Gasteiger partial charge in [0, 0.05) is 0 Å². The molecule has 1 unspecified atom stereocenters. The van der Waals surface area contributed by atoms with E-state index < -0.39 is 34.0 Å². The lowest BCUT2D eigenvalue weighted by Gasteiger charge is -2.20. The Kier molecular flexibility index (Phi) is 4.42. The van der Waals surface area contributed by atoms with E-state index in [4.69, 9.17) is 9.11 Å². The lowest BCUT2D eigenvalue weighted by Crippen LogP contribution is -2.32. The molecule has 0 rings (SSSR count). The van der Waals surface area contributed by atoms with E-state index in [1.54, 1.807) is 0 Å². The van der Waals surface area contributed by atoms with Crippen LogP contribution >= 0.6 is 0 Å². The van der Waals surface area contributed by atoms with E-state index in [9.17, 15) is 12.6 Å². The third-order valence-electron chi connectivity index (χ3n) is 0.852. The molecule has 0 saturated heterocycles. The van der Waals surface area contributed by atoms with Crippen LogP contribution in [-0.2, 0) is 30.1 Å². The largest absolute Gasteiger partial charge is 0.397 e. The molecule has 0 aromatic heterocycles. The molecule has 7 nitrogen and oxygen atoms in total. The average molecular weight is 234 g/mol. The maximum absolute atomic E-state index is 10.2. The maximum Gasteiger partial charge on any atom is 0.397 e. The zero-order valence-electron chi connectivity index (χ0n) is 6.96. The second-order valence-electron chi connectivity index (χ2n) is 2.75. The van der Waals surface area contributed by atoms with Crippen LogP contribution in [0.4, 0.5) is 0 Å². The predicted octanol–water partition coefficient (Wildman–Crippen LogP) is -0.262. The van der Waals surface area contributed by atoms with Crippen molar-refractivity contribution in [3.63, 3.8) is 0 Å². The van der Waals surface area contributed by atoms with Crippen LogP contribution in [0, 0.1) is 0 Å². The smallest absolute Gasteiger partial charge is 0.284 e. The highest BCUT2D eigenvalue weighted by Crippen LogP contribution is 2.11. The van der Waals surface area contributed by atoms with Crippen molar-refractivity contribution >= 4 is 21.8 Å². The monoisotopic (exact) mass is 234 g/mol. The first-order chi connectivity index (χ1) is 5.62. The van der Waals surface area contributed by atoms with Crippen LogP contribution in [0.25, 0.3) is 0 Å². The van der Waals surface area contributed by atoms with Crippen LogP contribution in [-0.4, -0.2) is 33.9 Å². The Morgan fingerprint density at radius 3 is 2.23 bits per heavy atom. The maximum atomic E-state index is 10.2. The van der Waals surface area contributed by atoms with Crippen LogP contribution < -0.4 is 0 Å². The molecule has 0 aromatic carbocycles. The van der Waals surface area contributed by atoms with Gasteiger partial charge in [-0.05, 0) is 13.8 Å². The Morgan fingerprint density at radius 1 is 1.46 bits per heavy atom. The van der Waals surface area contributed by atoms with Gasteiger partial charge in [0.15, 0.2) is 0 Å². The van der Waals surface area contributed by atoms with Crippen LogP contribution in [0.5, 0.6) is 0 Å². The number of hydrogen-bond donors (Lipinski definition) is 2. The summed E-state index contributed by atoms with van der Waals surface area (Å²) in [7, 11) is -4.55. The van der Waals surface area contributed by atoms with Crippen LogP contribution in [0.1, 0.15) is 13.8 Å². The van der Waals surface area contributed by atoms with Crippen molar-refractivity contribution in [3.05, 3.63) is 0 Å². The molecule has 0 aromatic rings. The summed E-state index contributed by atoms with van der Waals surface area (Å²) in [5.41, 5.74) is -1.28. The molecule has 0 fully saturated rings. The first-order valence-corrected chi connectivity index (χ1v) is 5.44. The van der Waals surface area contributed by atoms with E-state index in [1.807, 2.05) is 0 Å². The van der Waals surface area contributed by atoms with Gasteiger partial charge in [0.25, 0.3) is 0 Å². The van der Waals surface area contributed by atoms with E-state index in [2.05, 4.69) is 8.37 Å². The SMILES string of the molecule is CC(C)(COS(=O)(=O)O)OS(=O)O. The van der Waals surface area contributed by atoms with E-state index in [-0.39, 0.29) is 0 Å². The molecule has 0 amide bonds. The van der Waals surface area contributed by atoms with Gasteiger partial charge in [0.2, 0.25) is 0 Å². The summed E-state index contributed by atoms with van der Waals surface area (Å²) in [5.74, 6) is 0. The summed E-state index contributed by atoms with van der Waals surface area (Å²) in [4.78, 5) is 0. The van der Waals surface area contributed by atoms with E-state index >= 15 is 0 Å². The average Bonchev–Trinajstić information content (AvgIpc) is 1.79. The molecule has 0 heterocycles. The lowest BCUT2D eigenvalue weighted by atomic mass is 10.2. The first kappa shape index (κ1) is 12.9. The van der Waals surface area contributed by atoms with Gasteiger partial charge < -0.3 is 0 Å². The standard InChI is InChI=1S/C4H10O7S2/c1-4(2,11-12(5)6)3-10-13(7,8)9/h3H2,1-2H3,(H,5,6)(H,7,8,9).